The molecule has 2 nitrogen and oxygen atoms in total. The molecule has 12 rings (SSSR count). The minimum absolute atomic E-state index is 0.214. The van der Waals surface area contributed by atoms with Crippen LogP contribution in [-0.4, -0.2) is 4.57 Å². The molecule has 2 unspecified atom stereocenters. The minimum atomic E-state index is -0.423. The second-order valence-corrected chi connectivity index (χ2v) is 14.3. The van der Waals surface area contributed by atoms with E-state index in [0.29, 0.717) is 0 Å². The third-order valence-electron chi connectivity index (χ3n) is 12.0. The van der Waals surface area contributed by atoms with Gasteiger partial charge in [-0.15, -0.1) is 0 Å². The normalized spacial score (nSPS) is 18.6. The Labute approximate surface area is 295 Å². The Hall–Kier alpha value is -6.38. The zero-order chi connectivity index (χ0) is 33.3. The molecule has 0 fully saturated rings. The highest BCUT2D eigenvalue weighted by molar-refractivity contribution is 6.13. The summed E-state index contributed by atoms with van der Waals surface area (Å²) >= 11 is 0. The summed E-state index contributed by atoms with van der Waals surface area (Å²) in [5.74, 6) is 0.214. The van der Waals surface area contributed by atoms with Crippen molar-refractivity contribution in [2.75, 3.05) is 0 Å². The van der Waals surface area contributed by atoms with Gasteiger partial charge in [-0.25, -0.2) is 0 Å². The van der Waals surface area contributed by atoms with Crippen LogP contribution in [0.3, 0.4) is 0 Å². The van der Waals surface area contributed by atoms with Crippen LogP contribution in [0.4, 0.5) is 0 Å². The van der Waals surface area contributed by atoms with Crippen molar-refractivity contribution in [2.45, 2.75) is 17.8 Å². The summed E-state index contributed by atoms with van der Waals surface area (Å²) in [4.78, 5) is 0. The smallest absolute Gasteiger partial charge is 0.135 e. The van der Waals surface area contributed by atoms with Gasteiger partial charge in [0.25, 0.3) is 0 Å². The van der Waals surface area contributed by atoms with E-state index in [1.165, 1.54) is 77.6 Å². The van der Waals surface area contributed by atoms with Crippen LogP contribution in [0.2, 0.25) is 0 Å². The maximum atomic E-state index is 6.13. The predicted octanol–water partition coefficient (Wildman–Crippen LogP) is 12.5. The Morgan fingerprint density at radius 2 is 1.25 bits per heavy atom. The molecule has 0 saturated heterocycles. The van der Waals surface area contributed by atoms with Crippen molar-refractivity contribution >= 4 is 49.3 Å². The predicted molar refractivity (Wildman–Crippen MR) is 210 cm³/mol. The van der Waals surface area contributed by atoms with Gasteiger partial charge in [-0.3, -0.25) is 0 Å². The maximum absolute atomic E-state index is 6.13. The van der Waals surface area contributed by atoms with Gasteiger partial charge in [-0.05, 0) is 86.8 Å². The highest BCUT2D eigenvalue weighted by Crippen LogP contribution is 2.64. The standard InChI is InChI=1S/C49H31NO/c1-4-17-40-34(11-1)37-15-9-14-33(31-25-23-30(24-26-31)32-27-28-46-39(29-32)36-13-3-8-22-45(36)51-46)47(37)49(40)41-18-5-7-21-44(41)50-43-20-6-2-12-35(43)38-16-10-19-42(49)48(38)50/h1-13,15-29,33H,14H2. The number of rotatable bonds is 2. The van der Waals surface area contributed by atoms with E-state index in [-0.39, 0.29) is 5.92 Å². The molecule has 1 aliphatic heterocycles. The molecule has 3 aliphatic rings. The first-order valence-corrected chi connectivity index (χ1v) is 18.0. The molecule has 1 spiro atoms. The van der Waals surface area contributed by atoms with Crippen molar-refractivity contribution in [3.63, 3.8) is 0 Å². The largest absolute Gasteiger partial charge is 0.456 e. The number of aromatic nitrogens is 1. The Morgan fingerprint density at radius 1 is 0.549 bits per heavy atom. The monoisotopic (exact) mass is 649 g/mol. The fraction of sp³-hybridized carbons (Fsp3) is 0.0612. The van der Waals surface area contributed by atoms with Crippen LogP contribution in [0.25, 0.3) is 66.1 Å². The lowest BCUT2D eigenvalue weighted by atomic mass is 9.60. The van der Waals surface area contributed by atoms with Crippen molar-refractivity contribution in [3.05, 3.63) is 203 Å². The first-order valence-electron chi connectivity index (χ1n) is 18.0. The summed E-state index contributed by atoms with van der Waals surface area (Å²) < 4.78 is 8.67. The number of benzene rings is 7. The van der Waals surface area contributed by atoms with Gasteiger partial charge in [0.2, 0.25) is 0 Å². The number of nitrogens with zero attached hydrogens (tertiary/aromatic N) is 1. The topological polar surface area (TPSA) is 18.1 Å². The molecule has 2 aliphatic carbocycles. The lowest BCUT2D eigenvalue weighted by Crippen LogP contribution is -2.36. The van der Waals surface area contributed by atoms with Gasteiger partial charge in [0.05, 0.1) is 22.1 Å². The van der Waals surface area contributed by atoms with Gasteiger partial charge in [-0.1, -0.05) is 140 Å². The number of hydrogen-bond acceptors (Lipinski definition) is 1. The average Bonchev–Trinajstić information content (AvgIpc) is 3.84. The molecule has 3 heterocycles. The molecule has 51 heavy (non-hydrogen) atoms. The molecule has 238 valence electrons. The van der Waals surface area contributed by atoms with Crippen LogP contribution in [0.15, 0.2) is 180 Å². The highest BCUT2D eigenvalue weighted by atomic mass is 16.3. The third-order valence-corrected chi connectivity index (χ3v) is 12.0. The van der Waals surface area contributed by atoms with Gasteiger partial charge in [-0.2, -0.15) is 0 Å². The van der Waals surface area contributed by atoms with E-state index in [0.717, 1.165) is 28.4 Å². The summed E-state index contributed by atoms with van der Waals surface area (Å²) in [5.41, 5.74) is 17.4. The van der Waals surface area contributed by atoms with Gasteiger partial charge >= 0.3 is 0 Å². The van der Waals surface area contributed by atoms with Crippen molar-refractivity contribution in [2.24, 2.45) is 0 Å². The van der Waals surface area contributed by atoms with Gasteiger partial charge in [0.1, 0.15) is 11.2 Å². The van der Waals surface area contributed by atoms with Crippen molar-refractivity contribution in [3.8, 4) is 16.8 Å². The molecule has 0 saturated carbocycles. The van der Waals surface area contributed by atoms with E-state index in [1.54, 1.807) is 0 Å². The SMILES string of the molecule is C1=CC2=C(C(c3ccc(-c4ccc5oc6ccccc6c5c4)cc3)C1)C1(c3ccccc32)c2ccccc2-n2c3ccccc3c3cccc1c32. The van der Waals surface area contributed by atoms with Gasteiger partial charge in [0.15, 0.2) is 0 Å². The third kappa shape index (κ3) is 3.42. The average molecular weight is 650 g/mol. The fourth-order valence-corrected chi connectivity index (χ4v) is 10.0. The fourth-order valence-electron chi connectivity index (χ4n) is 10.0. The van der Waals surface area contributed by atoms with Gasteiger partial charge in [0, 0.05) is 27.5 Å². The first-order chi connectivity index (χ1) is 25.3. The molecule has 2 heteroatoms. The summed E-state index contributed by atoms with van der Waals surface area (Å²) in [6.45, 7) is 0. The lowest BCUT2D eigenvalue weighted by molar-refractivity contribution is 0.636. The number of hydrogen-bond donors (Lipinski definition) is 0. The minimum Gasteiger partial charge on any atom is -0.456 e. The quantitative estimate of drug-likeness (QED) is 0.182. The summed E-state index contributed by atoms with van der Waals surface area (Å²) in [5, 5.41) is 4.94. The Kier molecular flexibility index (Phi) is 5.31. The number of para-hydroxylation sites is 4. The maximum Gasteiger partial charge on any atom is 0.135 e. The Morgan fingerprint density at radius 3 is 2.18 bits per heavy atom. The van der Waals surface area contributed by atoms with E-state index in [2.05, 4.69) is 162 Å². The molecule has 0 bridgehead atoms. The second kappa shape index (κ2) is 9.87. The van der Waals surface area contributed by atoms with Crippen LogP contribution in [0, 0.1) is 0 Å². The van der Waals surface area contributed by atoms with Crippen LogP contribution in [-0.2, 0) is 5.41 Å². The second-order valence-electron chi connectivity index (χ2n) is 14.3. The molecule has 0 amide bonds. The van der Waals surface area contributed by atoms with Crippen LogP contribution >= 0.6 is 0 Å². The molecule has 9 aromatic rings. The molecule has 0 N–H and O–H groups in total. The van der Waals surface area contributed by atoms with E-state index >= 15 is 0 Å². The summed E-state index contributed by atoms with van der Waals surface area (Å²) in [7, 11) is 0. The molecular weight excluding hydrogens is 619 g/mol. The van der Waals surface area contributed by atoms with Crippen molar-refractivity contribution in [1.82, 2.24) is 4.57 Å². The zero-order valence-corrected chi connectivity index (χ0v) is 27.8. The molecule has 2 atom stereocenters. The van der Waals surface area contributed by atoms with Crippen molar-refractivity contribution in [1.29, 1.82) is 0 Å². The Bertz CT molecular complexity index is 3000. The number of allylic oxidation sites excluding steroid dienone is 4. The van der Waals surface area contributed by atoms with Gasteiger partial charge < -0.3 is 8.98 Å². The molecule has 0 radical (unpaired) electrons. The zero-order valence-electron chi connectivity index (χ0n) is 27.8. The summed E-state index contributed by atoms with van der Waals surface area (Å²) in [6.07, 6.45) is 5.77. The molecular formula is C49H31NO. The van der Waals surface area contributed by atoms with Crippen LogP contribution < -0.4 is 0 Å². The van der Waals surface area contributed by atoms with Crippen molar-refractivity contribution < 1.29 is 4.42 Å². The lowest BCUT2D eigenvalue weighted by Gasteiger charge is -2.43. The van der Waals surface area contributed by atoms with E-state index < -0.39 is 5.41 Å². The van der Waals surface area contributed by atoms with Crippen LogP contribution in [0.1, 0.15) is 40.2 Å². The van der Waals surface area contributed by atoms with E-state index in [9.17, 15) is 0 Å². The molecule has 7 aromatic carbocycles. The van der Waals surface area contributed by atoms with E-state index in [1.807, 2.05) is 12.1 Å². The molecule has 2 aromatic heterocycles. The number of fused-ring (bicyclic) bond motifs is 14. The summed E-state index contributed by atoms with van der Waals surface area (Å²) in [6, 6.07) is 58.6. The number of furan rings is 1. The van der Waals surface area contributed by atoms with E-state index in [4.69, 9.17) is 4.42 Å². The van der Waals surface area contributed by atoms with Crippen LogP contribution in [0.5, 0.6) is 0 Å². The first kappa shape index (κ1) is 27.4. The highest BCUT2D eigenvalue weighted by Gasteiger charge is 2.54. The Balaban J connectivity index is 1.09.